The van der Waals surface area contributed by atoms with Gasteiger partial charge in [0.25, 0.3) is 0 Å². The molecule has 0 atom stereocenters. The Bertz CT molecular complexity index is 638. The van der Waals surface area contributed by atoms with Crippen LogP contribution in [-0.4, -0.2) is 16.9 Å². The highest BCUT2D eigenvalue weighted by molar-refractivity contribution is 5.64. The number of hydrogen-bond donors (Lipinski definition) is 0. The first-order chi connectivity index (χ1) is 9.25. The summed E-state index contributed by atoms with van der Waals surface area (Å²) >= 11 is 0. The molecule has 0 N–H and O–H groups in total. The van der Waals surface area contributed by atoms with Gasteiger partial charge >= 0.3 is 0 Å². The van der Waals surface area contributed by atoms with E-state index in [1.807, 2.05) is 18.9 Å². The van der Waals surface area contributed by atoms with Crippen LogP contribution in [0, 0.1) is 20.8 Å². The van der Waals surface area contributed by atoms with Crippen LogP contribution in [0.2, 0.25) is 0 Å². The van der Waals surface area contributed by atoms with E-state index in [2.05, 4.69) is 51.8 Å². The zero-order valence-corrected chi connectivity index (χ0v) is 13.3. The van der Waals surface area contributed by atoms with E-state index in [0.717, 1.165) is 28.6 Å². The molecule has 1 aromatic rings. The Kier molecular flexibility index (Phi) is 3.46. The molecule has 1 aliphatic rings. The summed E-state index contributed by atoms with van der Waals surface area (Å²) in [7, 11) is 2.02. The first kappa shape index (κ1) is 14.4. The molecule has 0 spiro atoms. The van der Waals surface area contributed by atoms with E-state index >= 15 is 0 Å². The van der Waals surface area contributed by atoms with Crippen molar-refractivity contribution in [1.29, 1.82) is 0 Å². The molecule has 0 amide bonds. The van der Waals surface area contributed by atoms with Crippen LogP contribution >= 0.6 is 0 Å². The van der Waals surface area contributed by atoms with Gasteiger partial charge in [0, 0.05) is 24.1 Å². The Morgan fingerprint density at radius 1 is 1.00 bits per heavy atom. The van der Waals surface area contributed by atoms with Crippen LogP contribution in [0.1, 0.15) is 30.7 Å². The van der Waals surface area contributed by atoms with Gasteiger partial charge in [-0.3, -0.25) is 4.90 Å². The van der Waals surface area contributed by atoms with Crippen LogP contribution in [0.3, 0.4) is 0 Å². The zero-order chi connectivity index (χ0) is 15.2. The van der Waals surface area contributed by atoms with E-state index in [0.29, 0.717) is 0 Å². The molecule has 0 fully saturated rings. The largest absolute Gasteiger partial charge is 0.335 e. The molecule has 2 heterocycles. The summed E-state index contributed by atoms with van der Waals surface area (Å²) in [5.74, 6) is 1.80. The SMILES string of the molecule is C=C1C(C)=C(C)N(C)C(=C)N1c1nc(C)c(C)cc1C. The summed E-state index contributed by atoms with van der Waals surface area (Å²) in [5.41, 5.74) is 6.67. The first-order valence-electron chi connectivity index (χ1n) is 6.80. The minimum atomic E-state index is 0.886. The maximum atomic E-state index is 4.75. The normalized spacial score (nSPS) is 16.3. The molecule has 0 aromatic carbocycles. The number of hydrogen-bond acceptors (Lipinski definition) is 3. The fourth-order valence-corrected chi connectivity index (χ4v) is 2.43. The zero-order valence-electron chi connectivity index (χ0n) is 13.3. The number of anilines is 1. The molecule has 3 heteroatoms. The van der Waals surface area contributed by atoms with E-state index in [1.165, 1.54) is 16.8 Å². The van der Waals surface area contributed by atoms with Crippen molar-refractivity contribution >= 4 is 5.82 Å². The summed E-state index contributed by atoms with van der Waals surface area (Å²) in [6.07, 6.45) is 0. The van der Waals surface area contributed by atoms with Gasteiger partial charge in [-0.1, -0.05) is 19.2 Å². The third-order valence-corrected chi connectivity index (χ3v) is 4.24. The lowest BCUT2D eigenvalue weighted by atomic mass is 10.1. The highest BCUT2D eigenvalue weighted by atomic mass is 15.4. The molecule has 0 saturated carbocycles. The Hall–Kier alpha value is -2.03. The van der Waals surface area contributed by atoms with Crippen LogP contribution in [-0.2, 0) is 0 Å². The topological polar surface area (TPSA) is 19.4 Å². The van der Waals surface area contributed by atoms with Crippen molar-refractivity contribution in [3.8, 4) is 0 Å². The molecular formula is C17H23N3. The predicted octanol–water partition coefficient (Wildman–Crippen LogP) is 4.04. The number of aryl methyl sites for hydroxylation is 3. The Labute approximate surface area is 121 Å². The fourth-order valence-electron chi connectivity index (χ4n) is 2.43. The quantitative estimate of drug-likeness (QED) is 0.767. The van der Waals surface area contributed by atoms with E-state index in [-0.39, 0.29) is 0 Å². The average Bonchev–Trinajstić information content (AvgIpc) is 2.40. The third-order valence-electron chi connectivity index (χ3n) is 4.24. The van der Waals surface area contributed by atoms with Crippen LogP contribution in [0.4, 0.5) is 5.82 Å². The van der Waals surface area contributed by atoms with Crippen molar-refractivity contribution in [2.75, 3.05) is 11.9 Å². The monoisotopic (exact) mass is 269 g/mol. The second kappa shape index (κ2) is 4.82. The van der Waals surface area contributed by atoms with E-state index < -0.39 is 0 Å². The fraction of sp³-hybridized carbons (Fsp3) is 0.353. The lowest BCUT2D eigenvalue weighted by Crippen LogP contribution is -2.37. The third kappa shape index (κ3) is 2.03. The summed E-state index contributed by atoms with van der Waals surface area (Å²) in [4.78, 5) is 8.88. The van der Waals surface area contributed by atoms with Crippen molar-refractivity contribution in [2.24, 2.45) is 0 Å². The van der Waals surface area contributed by atoms with Gasteiger partial charge in [-0.05, 0) is 51.3 Å². The molecule has 0 unspecified atom stereocenters. The molecule has 3 nitrogen and oxygen atoms in total. The van der Waals surface area contributed by atoms with Gasteiger partial charge in [-0.25, -0.2) is 4.98 Å². The van der Waals surface area contributed by atoms with E-state index in [1.54, 1.807) is 0 Å². The first-order valence-corrected chi connectivity index (χ1v) is 6.80. The minimum absolute atomic E-state index is 0.886. The lowest BCUT2D eigenvalue weighted by Gasteiger charge is -2.40. The van der Waals surface area contributed by atoms with E-state index in [9.17, 15) is 0 Å². The van der Waals surface area contributed by atoms with Gasteiger partial charge in [-0.15, -0.1) is 0 Å². The Morgan fingerprint density at radius 2 is 1.60 bits per heavy atom. The Morgan fingerprint density at radius 3 is 2.20 bits per heavy atom. The molecule has 0 radical (unpaired) electrons. The lowest BCUT2D eigenvalue weighted by molar-refractivity contribution is 0.486. The molecular weight excluding hydrogens is 246 g/mol. The highest BCUT2D eigenvalue weighted by Crippen LogP contribution is 2.36. The molecule has 2 rings (SSSR count). The van der Waals surface area contributed by atoms with Gasteiger partial charge in [-0.2, -0.15) is 0 Å². The molecule has 1 aliphatic heterocycles. The average molecular weight is 269 g/mol. The van der Waals surface area contributed by atoms with Gasteiger partial charge in [0.05, 0.1) is 0 Å². The number of allylic oxidation sites excluding steroid dienone is 2. The number of aromatic nitrogens is 1. The van der Waals surface area contributed by atoms with Crippen molar-refractivity contribution < 1.29 is 0 Å². The minimum Gasteiger partial charge on any atom is -0.335 e. The van der Waals surface area contributed by atoms with Crippen molar-refractivity contribution in [2.45, 2.75) is 34.6 Å². The summed E-state index contributed by atoms with van der Waals surface area (Å²) in [6.45, 7) is 18.8. The predicted molar refractivity (Wildman–Crippen MR) is 85.3 cm³/mol. The van der Waals surface area contributed by atoms with Crippen LogP contribution in [0.5, 0.6) is 0 Å². The van der Waals surface area contributed by atoms with Crippen molar-refractivity contribution in [3.05, 3.63) is 58.8 Å². The maximum Gasteiger partial charge on any atom is 0.141 e. The van der Waals surface area contributed by atoms with Gasteiger partial charge < -0.3 is 4.90 Å². The van der Waals surface area contributed by atoms with Crippen LogP contribution in [0.25, 0.3) is 0 Å². The van der Waals surface area contributed by atoms with Crippen molar-refractivity contribution in [1.82, 2.24) is 9.88 Å². The number of pyridine rings is 1. The standard InChI is InChI=1S/C17H23N3/c1-10-9-11(2)17(18-13(10)4)20-15(6)12(3)14(5)19(8)16(20)7/h9H,6-7H2,1-5,8H3. The molecule has 0 saturated heterocycles. The second-order valence-corrected chi connectivity index (χ2v) is 5.50. The molecule has 106 valence electrons. The van der Waals surface area contributed by atoms with Gasteiger partial charge in [0.2, 0.25) is 0 Å². The van der Waals surface area contributed by atoms with Crippen LogP contribution < -0.4 is 4.90 Å². The number of nitrogens with zero attached hydrogens (tertiary/aromatic N) is 3. The second-order valence-electron chi connectivity index (χ2n) is 5.50. The summed E-state index contributed by atoms with van der Waals surface area (Å²) in [6, 6.07) is 2.17. The molecule has 0 bridgehead atoms. The summed E-state index contributed by atoms with van der Waals surface area (Å²) in [5, 5.41) is 0. The van der Waals surface area contributed by atoms with Gasteiger partial charge in [0.15, 0.2) is 0 Å². The number of rotatable bonds is 1. The van der Waals surface area contributed by atoms with Crippen molar-refractivity contribution in [3.63, 3.8) is 0 Å². The van der Waals surface area contributed by atoms with E-state index in [4.69, 9.17) is 4.98 Å². The van der Waals surface area contributed by atoms with Crippen LogP contribution in [0.15, 0.2) is 42.0 Å². The molecule has 0 aliphatic carbocycles. The smallest absolute Gasteiger partial charge is 0.141 e. The van der Waals surface area contributed by atoms with Gasteiger partial charge in [0.1, 0.15) is 11.6 Å². The molecule has 20 heavy (non-hydrogen) atoms. The highest BCUT2D eigenvalue weighted by Gasteiger charge is 2.27. The maximum absolute atomic E-state index is 4.75. The Balaban J connectivity index is 2.61. The molecule has 1 aromatic heterocycles. The summed E-state index contributed by atoms with van der Waals surface area (Å²) < 4.78 is 0.